The number of fused-ring (bicyclic) bond motifs is 1. The first-order valence-corrected chi connectivity index (χ1v) is 6.65. The number of ether oxygens (including phenoxy) is 1. The maximum Gasteiger partial charge on any atom is 0.303 e. The molecule has 1 N–H and O–H groups in total. The smallest absolute Gasteiger partial charge is 0.303 e. The van der Waals surface area contributed by atoms with Crippen molar-refractivity contribution in [3.8, 4) is 5.75 Å². The van der Waals surface area contributed by atoms with E-state index in [0.717, 1.165) is 18.6 Å². The highest BCUT2D eigenvalue weighted by Crippen LogP contribution is 2.41. The quantitative estimate of drug-likeness (QED) is 0.881. The summed E-state index contributed by atoms with van der Waals surface area (Å²) in [5, 5.41) is 9.06. The largest absolute Gasteiger partial charge is 0.497 e. The second-order valence-electron chi connectivity index (χ2n) is 5.10. The van der Waals surface area contributed by atoms with E-state index in [0.29, 0.717) is 0 Å². The van der Waals surface area contributed by atoms with Crippen LogP contribution in [0.4, 0.5) is 0 Å². The molecule has 3 nitrogen and oxygen atoms in total. The Labute approximate surface area is 113 Å². The molecule has 0 radical (unpaired) electrons. The molecule has 3 heteroatoms. The van der Waals surface area contributed by atoms with Crippen LogP contribution in [0.3, 0.4) is 0 Å². The van der Waals surface area contributed by atoms with E-state index in [1.807, 2.05) is 19.1 Å². The Balaban J connectivity index is 2.41. The van der Waals surface area contributed by atoms with Crippen LogP contribution in [0, 0.1) is 5.92 Å². The number of aliphatic carboxylic acids is 1. The number of benzene rings is 1. The van der Waals surface area contributed by atoms with Crippen LogP contribution in [0.5, 0.6) is 5.75 Å². The molecule has 1 aromatic rings. The summed E-state index contributed by atoms with van der Waals surface area (Å²) in [5.41, 5.74) is 4.94. The van der Waals surface area contributed by atoms with Crippen LogP contribution in [0.2, 0.25) is 0 Å². The second-order valence-corrected chi connectivity index (χ2v) is 5.10. The number of rotatable bonds is 5. The molecule has 1 aliphatic carbocycles. The predicted molar refractivity (Wildman–Crippen MR) is 75.3 cm³/mol. The summed E-state index contributed by atoms with van der Waals surface area (Å²) in [6.45, 7) is 4.15. The zero-order chi connectivity index (χ0) is 14.0. The van der Waals surface area contributed by atoms with Crippen molar-refractivity contribution in [3.63, 3.8) is 0 Å². The maximum atomic E-state index is 11.0. The Hall–Kier alpha value is -1.77. The number of carbonyl (C=O) groups is 1. The third-order valence-electron chi connectivity index (χ3n) is 3.84. The van der Waals surface area contributed by atoms with Gasteiger partial charge in [-0.05, 0) is 54.5 Å². The molecule has 0 aliphatic heterocycles. The Morgan fingerprint density at radius 3 is 2.79 bits per heavy atom. The molecule has 102 valence electrons. The van der Waals surface area contributed by atoms with Gasteiger partial charge in [-0.2, -0.15) is 0 Å². The monoisotopic (exact) mass is 260 g/mol. The van der Waals surface area contributed by atoms with Crippen molar-refractivity contribution in [2.75, 3.05) is 7.11 Å². The lowest BCUT2D eigenvalue weighted by molar-refractivity contribution is -0.137. The maximum absolute atomic E-state index is 11.0. The third kappa shape index (κ3) is 2.65. The first-order valence-electron chi connectivity index (χ1n) is 6.65. The van der Waals surface area contributed by atoms with Crippen molar-refractivity contribution in [2.45, 2.75) is 33.1 Å². The molecular weight excluding hydrogens is 240 g/mol. The number of methoxy groups -OCH3 is 1. The molecule has 2 rings (SSSR count). The van der Waals surface area contributed by atoms with Crippen LogP contribution in [0.1, 0.15) is 37.8 Å². The Bertz CT molecular complexity index is 529. The van der Waals surface area contributed by atoms with E-state index in [1.54, 1.807) is 7.11 Å². The average molecular weight is 260 g/mol. The summed E-state index contributed by atoms with van der Waals surface area (Å²) in [6.07, 6.45) is 1.96. The zero-order valence-electron chi connectivity index (χ0n) is 11.7. The van der Waals surface area contributed by atoms with Gasteiger partial charge in [-0.25, -0.2) is 0 Å². The van der Waals surface area contributed by atoms with Gasteiger partial charge in [0.05, 0.1) is 13.5 Å². The molecule has 0 fully saturated rings. The molecule has 0 saturated heterocycles. The Morgan fingerprint density at radius 1 is 1.47 bits per heavy atom. The fourth-order valence-corrected chi connectivity index (χ4v) is 2.93. The number of carboxylic acid groups (broad SMARTS) is 1. The van der Waals surface area contributed by atoms with Crippen molar-refractivity contribution in [1.29, 1.82) is 0 Å². The molecule has 1 aliphatic rings. The Kier molecular flexibility index (Phi) is 3.93. The standard InChI is InChI=1S/C16H20O3/c1-4-11(8-15(17)18)16-10(2)7-12-5-6-13(19-3)9-14(12)16/h5-6,9,11H,4,7-8H2,1-3H3,(H,17,18). The van der Waals surface area contributed by atoms with E-state index >= 15 is 0 Å². The molecule has 0 spiro atoms. The molecule has 19 heavy (non-hydrogen) atoms. The SMILES string of the molecule is CCC(CC(=O)O)C1=C(C)Cc2ccc(OC)cc21. The van der Waals surface area contributed by atoms with Crippen molar-refractivity contribution < 1.29 is 14.6 Å². The van der Waals surface area contributed by atoms with Gasteiger partial charge in [-0.3, -0.25) is 4.79 Å². The van der Waals surface area contributed by atoms with Gasteiger partial charge in [-0.1, -0.05) is 18.6 Å². The van der Waals surface area contributed by atoms with Crippen LogP contribution in [0.25, 0.3) is 5.57 Å². The first kappa shape index (κ1) is 13.7. The number of allylic oxidation sites excluding steroid dienone is 2. The fraction of sp³-hybridized carbons (Fsp3) is 0.438. The highest BCUT2D eigenvalue weighted by Gasteiger charge is 2.26. The van der Waals surface area contributed by atoms with Gasteiger partial charge in [0.2, 0.25) is 0 Å². The lowest BCUT2D eigenvalue weighted by Gasteiger charge is -2.17. The molecule has 0 heterocycles. The van der Waals surface area contributed by atoms with Gasteiger partial charge in [0.25, 0.3) is 0 Å². The third-order valence-corrected chi connectivity index (χ3v) is 3.84. The van der Waals surface area contributed by atoms with E-state index in [1.165, 1.54) is 22.3 Å². The highest BCUT2D eigenvalue weighted by atomic mass is 16.5. The van der Waals surface area contributed by atoms with Crippen LogP contribution >= 0.6 is 0 Å². The molecule has 0 amide bonds. The number of hydrogen-bond acceptors (Lipinski definition) is 2. The van der Waals surface area contributed by atoms with Crippen molar-refractivity contribution in [1.82, 2.24) is 0 Å². The van der Waals surface area contributed by atoms with Gasteiger partial charge in [0.15, 0.2) is 0 Å². The highest BCUT2D eigenvalue weighted by molar-refractivity contribution is 5.81. The predicted octanol–water partition coefficient (Wildman–Crippen LogP) is 3.53. The molecule has 0 saturated carbocycles. The van der Waals surface area contributed by atoms with E-state index in [4.69, 9.17) is 9.84 Å². The number of carboxylic acids is 1. The zero-order valence-corrected chi connectivity index (χ0v) is 11.7. The van der Waals surface area contributed by atoms with E-state index < -0.39 is 5.97 Å². The average Bonchev–Trinajstić information content (AvgIpc) is 2.70. The molecule has 0 bridgehead atoms. The normalized spacial score (nSPS) is 15.3. The van der Waals surface area contributed by atoms with Gasteiger partial charge in [-0.15, -0.1) is 0 Å². The summed E-state index contributed by atoms with van der Waals surface area (Å²) in [6, 6.07) is 6.08. The lowest BCUT2D eigenvalue weighted by atomic mass is 9.87. The minimum Gasteiger partial charge on any atom is -0.497 e. The van der Waals surface area contributed by atoms with Crippen LogP contribution < -0.4 is 4.74 Å². The summed E-state index contributed by atoms with van der Waals surface area (Å²) in [5.74, 6) is 0.186. The first-order chi connectivity index (χ1) is 9.06. The van der Waals surface area contributed by atoms with E-state index in [2.05, 4.69) is 13.0 Å². The summed E-state index contributed by atoms with van der Waals surface area (Å²) >= 11 is 0. The lowest BCUT2D eigenvalue weighted by Crippen LogP contribution is -2.09. The van der Waals surface area contributed by atoms with Crippen molar-refractivity contribution in [3.05, 3.63) is 34.9 Å². The van der Waals surface area contributed by atoms with Gasteiger partial charge in [0.1, 0.15) is 5.75 Å². The topological polar surface area (TPSA) is 46.5 Å². The number of hydrogen-bond donors (Lipinski definition) is 1. The molecule has 1 unspecified atom stereocenters. The fourth-order valence-electron chi connectivity index (χ4n) is 2.93. The van der Waals surface area contributed by atoms with Crippen LogP contribution in [-0.2, 0) is 11.2 Å². The Morgan fingerprint density at radius 2 is 2.21 bits per heavy atom. The van der Waals surface area contributed by atoms with Crippen molar-refractivity contribution in [2.24, 2.45) is 5.92 Å². The molecular formula is C16H20O3. The molecule has 0 aromatic heterocycles. The minimum atomic E-state index is -0.733. The second kappa shape index (κ2) is 5.47. The van der Waals surface area contributed by atoms with Crippen LogP contribution in [-0.4, -0.2) is 18.2 Å². The minimum absolute atomic E-state index is 0.0888. The van der Waals surface area contributed by atoms with Crippen LogP contribution in [0.15, 0.2) is 23.8 Å². The summed E-state index contributed by atoms with van der Waals surface area (Å²) < 4.78 is 5.28. The molecule has 1 aromatic carbocycles. The van der Waals surface area contributed by atoms with Gasteiger partial charge in [0, 0.05) is 0 Å². The summed E-state index contributed by atoms with van der Waals surface area (Å²) in [4.78, 5) is 11.0. The van der Waals surface area contributed by atoms with Crippen molar-refractivity contribution >= 4 is 11.5 Å². The molecule has 1 atom stereocenters. The van der Waals surface area contributed by atoms with Gasteiger partial charge < -0.3 is 9.84 Å². The van der Waals surface area contributed by atoms with E-state index in [9.17, 15) is 4.79 Å². The summed E-state index contributed by atoms with van der Waals surface area (Å²) in [7, 11) is 1.65. The van der Waals surface area contributed by atoms with E-state index in [-0.39, 0.29) is 12.3 Å². The van der Waals surface area contributed by atoms with Gasteiger partial charge >= 0.3 is 5.97 Å².